The highest BCUT2D eigenvalue weighted by Gasteiger charge is 2.43. The predicted octanol–water partition coefficient (Wildman–Crippen LogP) is 1.44. The van der Waals surface area contributed by atoms with Gasteiger partial charge in [0.15, 0.2) is 0 Å². The van der Waals surface area contributed by atoms with Gasteiger partial charge >= 0.3 is 5.97 Å². The molecule has 1 amide bonds. The number of hydrogen-bond acceptors (Lipinski definition) is 4. The van der Waals surface area contributed by atoms with Crippen molar-refractivity contribution in [1.29, 1.82) is 0 Å². The lowest BCUT2D eigenvalue weighted by Gasteiger charge is -2.29. The Morgan fingerprint density at radius 2 is 1.82 bits per heavy atom. The normalized spacial score (nSPS) is 32.5. The van der Waals surface area contributed by atoms with Crippen LogP contribution in [-0.2, 0) is 19.1 Å². The Kier molecular flexibility index (Phi) is 3.53. The van der Waals surface area contributed by atoms with E-state index in [-0.39, 0.29) is 29.8 Å². The smallest absolute Gasteiger partial charge is 0.335 e. The summed E-state index contributed by atoms with van der Waals surface area (Å²) in [6.07, 6.45) is 8.32. The Morgan fingerprint density at radius 1 is 1.14 bits per heavy atom. The summed E-state index contributed by atoms with van der Waals surface area (Å²) in [6.45, 7) is 2.58. The largest absolute Gasteiger partial charge is 0.459 e. The Labute approximate surface area is 129 Å². The third kappa shape index (κ3) is 2.47. The van der Waals surface area contributed by atoms with Crippen molar-refractivity contribution in [3.8, 4) is 0 Å². The molecule has 22 heavy (non-hydrogen) atoms. The molecule has 1 unspecified atom stereocenters. The van der Waals surface area contributed by atoms with Crippen LogP contribution in [-0.4, -0.2) is 49.2 Å². The van der Waals surface area contributed by atoms with Gasteiger partial charge in [0.2, 0.25) is 0 Å². The average molecular weight is 303 g/mol. The van der Waals surface area contributed by atoms with Gasteiger partial charge in [-0.1, -0.05) is 12.2 Å². The van der Waals surface area contributed by atoms with E-state index in [1.807, 2.05) is 11.0 Å². The number of fused-ring (bicyclic) bond motifs is 2. The van der Waals surface area contributed by atoms with E-state index in [0.717, 1.165) is 32.4 Å². The summed E-state index contributed by atoms with van der Waals surface area (Å²) in [4.78, 5) is 27.2. The molecule has 0 saturated carbocycles. The molecule has 0 N–H and O–H groups in total. The lowest BCUT2D eigenvalue weighted by Crippen LogP contribution is -2.38. The first-order chi connectivity index (χ1) is 10.7. The van der Waals surface area contributed by atoms with Crippen molar-refractivity contribution >= 4 is 11.9 Å². The molecule has 4 rings (SSSR count). The highest BCUT2D eigenvalue weighted by Crippen LogP contribution is 2.45. The number of epoxide rings is 1. The fraction of sp³-hybridized carbons (Fsp3) is 0.647. The number of allylic oxidation sites excluding steroid dienone is 2. The molecule has 0 spiro atoms. The van der Waals surface area contributed by atoms with Crippen LogP contribution in [0.25, 0.3) is 0 Å². The molecule has 0 aromatic rings. The molecule has 4 aliphatic rings. The lowest BCUT2D eigenvalue weighted by molar-refractivity contribution is -0.140. The zero-order valence-electron chi connectivity index (χ0n) is 12.6. The Balaban J connectivity index is 1.54. The van der Waals surface area contributed by atoms with Crippen molar-refractivity contribution < 1.29 is 19.1 Å². The molecular formula is C17H21NO4. The SMILES string of the molecule is O=C(OCC1CO1)C1=C(C(=O)N2CCCCC2)[C@H]2C=C[C@@H]1C2. The van der Waals surface area contributed by atoms with Gasteiger partial charge in [0.25, 0.3) is 5.91 Å². The summed E-state index contributed by atoms with van der Waals surface area (Å²) in [5.41, 5.74) is 1.29. The van der Waals surface area contributed by atoms with E-state index in [0.29, 0.717) is 24.4 Å². The van der Waals surface area contributed by atoms with E-state index < -0.39 is 0 Å². The highest BCUT2D eigenvalue weighted by molar-refractivity contribution is 6.05. The first-order valence-electron chi connectivity index (χ1n) is 8.24. The van der Waals surface area contributed by atoms with Crippen LogP contribution < -0.4 is 0 Å². The van der Waals surface area contributed by atoms with Gasteiger partial charge in [-0.15, -0.1) is 0 Å². The van der Waals surface area contributed by atoms with Crippen molar-refractivity contribution in [2.75, 3.05) is 26.3 Å². The number of nitrogens with zero attached hydrogens (tertiary/aromatic N) is 1. The number of carbonyl (C=O) groups is 2. The van der Waals surface area contributed by atoms with Crippen molar-refractivity contribution in [1.82, 2.24) is 4.90 Å². The predicted molar refractivity (Wildman–Crippen MR) is 78.9 cm³/mol. The van der Waals surface area contributed by atoms with E-state index >= 15 is 0 Å². The fourth-order valence-corrected chi connectivity index (χ4v) is 3.74. The van der Waals surface area contributed by atoms with Crippen molar-refractivity contribution in [3.05, 3.63) is 23.3 Å². The Hall–Kier alpha value is -1.62. The number of amides is 1. The van der Waals surface area contributed by atoms with Crippen LogP contribution >= 0.6 is 0 Å². The van der Waals surface area contributed by atoms with E-state index in [9.17, 15) is 9.59 Å². The summed E-state index contributed by atoms with van der Waals surface area (Å²) in [6, 6.07) is 0. The minimum atomic E-state index is -0.326. The molecule has 2 aliphatic heterocycles. The molecule has 2 aliphatic carbocycles. The third-order valence-corrected chi connectivity index (χ3v) is 5.01. The second-order valence-electron chi connectivity index (χ2n) is 6.57. The van der Waals surface area contributed by atoms with Crippen molar-refractivity contribution in [3.63, 3.8) is 0 Å². The van der Waals surface area contributed by atoms with Crippen molar-refractivity contribution in [2.24, 2.45) is 11.8 Å². The molecule has 5 nitrogen and oxygen atoms in total. The topological polar surface area (TPSA) is 59.1 Å². The van der Waals surface area contributed by atoms with E-state index in [2.05, 4.69) is 6.08 Å². The molecule has 2 saturated heterocycles. The van der Waals surface area contributed by atoms with Gasteiger partial charge in [0.1, 0.15) is 12.7 Å². The van der Waals surface area contributed by atoms with Crippen LogP contribution in [0.5, 0.6) is 0 Å². The van der Waals surface area contributed by atoms with E-state index in [1.54, 1.807) is 0 Å². The molecule has 0 aromatic carbocycles. The van der Waals surface area contributed by atoms with Gasteiger partial charge in [0, 0.05) is 30.5 Å². The number of rotatable bonds is 4. The molecule has 2 fully saturated rings. The fourth-order valence-electron chi connectivity index (χ4n) is 3.74. The molecule has 118 valence electrons. The maximum Gasteiger partial charge on any atom is 0.335 e. The van der Waals surface area contributed by atoms with Crippen LogP contribution in [0, 0.1) is 11.8 Å². The summed E-state index contributed by atoms with van der Waals surface area (Å²) in [5, 5.41) is 0. The molecule has 2 bridgehead atoms. The van der Waals surface area contributed by atoms with Crippen LogP contribution in [0.15, 0.2) is 23.3 Å². The first-order valence-corrected chi connectivity index (χ1v) is 8.24. The average Bonchev–Trinajstić information content (AvgIpc) is 3.17. The van der Waals surface area contributed by atoms with E-state index in [1.165, 1.54) is 6.42 Å². The standard InChI is InChI=1S/C17H21NO4/c19-16(18-6-2-1-3-7-18)14-11-4-5-12(8-11)15(14)17(20)22-10-13-9-21-13/h4-5,11-13H,1-3,6-10H2/t11-,12+,13?/m0/s1. The second-order valence-corrected chi connectivity index (χ2v) is 6.57. The lowest BCUT2D eigenvalue weighted by atomic mass is 9.95. The number of ether oxygens (including phenoxy) is 2. The molecule has 0 radical (unpaired) electrons. The minimum absolute atomic E-state index is 0.0474. The van der Waals surface area contributed by atoms with Crippen LogP contribution in [0.2, 0.25) is 0 Å². The number of likely N-dealkylation sites (tertiary alicyclic amines) is 1. The summed E-state index contributed by atoms with van der Waals surface area (Å²) in [7, 11) is 0. The number of esters is 1. The number of piperidine rings is 1. The van der Waals surface area contributed by atoms with Gasteiger partial charge in [-0.2, -0.15) is 0 Å². The van der Waals surface area contributed by atoms with Crippen LogP contribution in [0.4, 0.5) is 0 Å². The third-order valence-electron chi connectivity index (χ3n) is 5.01. The zero-order valence-corrected chi connectivity index (χ0v) is 12.6. The minimum Gasteiger partial charge on any atom is -0.459 e. The van der Waals surface area contributed by atoms with Gasteiger partial charge in [-0.25, -0.2) is 4.79 Å². The quantitative estimate of drug-likeness (QED) is 0.448. The van der Waals surface area contributed by atoms with Crippen molar-refractivity contribution in [2.45, 2.75) is 31.8 Å². The maximum atomic E-state index is 12.9. The summed E-state index contributed by atoms with van der Waals surface area (Å²) >= 11 is 0. The van der Waals surface area contributed by atoms with Gasteiger partial charge < -0.3 is 14.4 Å². The van der Waals surface area contributed by atoms with Gasteiger partial charge in [-0.3, -0.25) is 4.79 Å². The number of carbonyl (C=O) groups excluding carboxylic acids is 2. The molecule has 2 heterocycles. The molecule has 3 atom stereocenters. The summed E-state index contributed by atoms with van der Waals surface area (Å²) in [5.74, 6) is -0.126. The maximum absolute atomic E-state index is 12.9. The van der Waals surface area contributed by atoms with Crippen LogP contribution in [0.3, 0.4) is 0 Å². The number of hydrogen-bond donors (Lipinski definition) is 0. The Bertz CT molecular complexity index is 555. The van der Waals surface area contributed by atoms with Gasteiger partial charge in [0.05, 0.1) is 12.2 Å². The van der Waals surface area contributed by atoms with Crippen LogP contribution in [0.1, 0.15) is 25.7 Å². The molecular weight excluding hydrogens is 282 g/mol. The summed E-state index contributed by atoms with van der Waals surface area (Å²) < 4.78 is 10.4. The monoisotopic (exact) mass is 303 g/mol. The van der Waals surface area contributed by atoms with Gasteiger partial charge in [-0.05, 0) is 25.7 Å². The first kappa shape index (κ1) is 14.0. The second kappa shape index (κ2) is 5.54. The highest BCUT2D eigenvalue weighted by atomic mass is 16.6. The Morgan fingerprint density at radius 3 is 2.50 bits per heavy atom. The van der Waals surface area contributed by atoms with E-state index in [4.69, 9.17) is 9.47 Å². The molecule has 5 heteroatoms. The molecule has 0 aromatic heterocycles. The zero-order chi connectivity index (χ0) is 15.1.